The topological polar surface area (TPSA) is 193 Å². The summed E-state index contributed by atoms with van der Waals surface area (Å²) in [6, 6.07) is 21.0. The number of carbonyl (C=O) groups excluding carboxylic acids is 4. The van der Waals surface area contributed by atoms with Gasteiger partial charge in [-0.05, 0) is 86.3 Å². The summed E-state index contributed by atoms with van der Waals surface area (Å²) in [5.41, 5.74) is 3.05. The predicted octanol–water partition coefficient (Wildman–Crippen LogP) is 8.83. The molecule has 4 aromatic carbocycles. The Labute approximate surface area is 436 Å². The zero-order chi connectivity index (χ0) is 54.7. The van der Waals surface area contributed by atoms with Crippen LogP contribution in [0.1, 0.15) is 97.6 Å². The van der Waals surface area contributed by atoms with E-state index >= 15 is 0 Å². The fourth-order valence-electron chi connectivity index (χ4n) is 9.70. The third-order valence-corrected chi connectivity index (χ3v) is 13.2. The Hall–Kier alpha value is -7.16. The van der Waals surface area contributed by atoms with Gasteiger partial charge in [-0.3, -0.25) is 9.59 Å². The number of aliphatic hydroxyl groups is 2. The number of aromatic nitrogens is 2. The molecule has 0 saturated carbocycles. The number of hydrogen-bond acceptors (Lipinski definition) is 11. The van der Waals surface area contributed by atoms with E-state index in [1.807, 2.05) is 76.2 Å². The first kappa shape index (κ1) is 55.1. The van der Waals surface area contributed by atoms with Crippen molar-refractivity contribution in [3.63, 3.8) is 0 Å². The Morgan fingerprint density at radius 3 is 1.54 bits per heavy atom. The number of aliphatic hydroxyl groups excluding tert-OH is 2. The van der Waals surface area contributed by atoms with Gasteiger partial charge in [-0.2, -0.15) is 0 Å². The summed E-state index contributed by atoms with van der Waals surface area (Å²) in [4.78, 5) is 62.4. The number of ether oxygens (including phenoxy) is 5. The molecule has 0 aliphatic carbocycles. The summed E-state index contributed by atoms with van der Waals surface area (Å²) in [5.74, 6) is -7.82. The van der Waals surface area contributed by atoms with E-state index in [4.69, 9.17) is 28.8 Å². The van der Waals surface area contributed by atoms with Crippen molar-refractivity contribution in [3.8, 4) is 0 Å². The van der Waals surface area contributed by atoms with Crippen LogP contribution in [0.3, 0.4) is 0 Å². The zero-order valence-corrected chi connectivity index (χ0v) is 42.9. The summed E-state index contributed by atoms with van der Waals surface area (Å²) in [5, 5.41) is 20.4. The lowest BCUT2D eigenvalue weighted by Crippen LogP contribution is -2.37. The summed E-state index contributed by atoms with van der Waals surface area (Å²) >= 11 is 0. The Morgan fingerprint density at radius 2 is 1.13 bits per heavy atom. The lowest BCUT2D eigenvalue weighted by molar-refractivity contribution is -0.154. The van der Waals surface area contributed by atoms with Gasteiger partial charge in [0.15, 0.2) is 29.1 Å². The molecule has 2 atom stereocenters. The largest absolute Gasteiger partial charge is 0.459 e. The van der Waals surface area contributed by atoms with Gasteiger partial charge < -0.3 is 53.7 Å². The number of esters is 2. The van der Waals surface area contributed by atoms with Gasteiger partial charge in [-0.15, -0.1) is 0 Å². The number of rotatable bonds is 9. The molecule has 15 nitrogen and oxygen atoms in total. The van der Waals surface area contributed by atoms with Crippen LogP contribution in [0.25, 0.3) is 33.0 Å². The number of nitrogens with zero attached hydrogens (tertiary/aromatic N) is 2. The van der Waals surface area contributed by atoms with Crippen LogP contribution in [0.5, 0.6) is 0 Å². The lowest BCUT2D eigenvalue weighted by Gasteiger charge is -2.29. The number of fused-ring (bicyclic) bond motifs is 6. The molecule has 402 valence electrons. The molecule has 6 aromatic rings. The van der Waals surface area contributed by atoms with Crippen molar-refractivity contribution in [2.45, 2.75) is 83.2 Å². The summed E-state index contributed by atoms with van der Waals surface area (Å²) in [6.07, 6.45) is 3.61. The highest BCUT2D eigenvalue weighted by Gasteiger charge is 2.40. The molecule has 19 heteroatoms. The maximum atomic E-state index is 13.9. The Balaban J connectivity index is 0.000000185. The first-order chi connectivity index (χ1) is 36.1. The van der Waals surface area contributed by atoms with Gasteiger partial charge in [-0.25, -0.2) is 27.2 Å². The molecule has 4 aliphatic rings. The average molecular weight is 1050 g/mol. The predicted molar refractivity (Wildman–Crippen MR) is 273 cm³/mol. The van der Waals surface area contributed by atoms with Crippen LogP contribution in [0.2, 0.25) is 0 Å². The molecular weight excluding hydrogens is 993 g/mol. The van der Waals surface area contributed by atoms with E-state index in [9.17, 15) is 41.8 Å². The second kappa shape index (κ2) is 22.6. The second-order valence-electron chi connectivity index (χ2n) is 20.6. The molecule has 2 fully saturated rings. The van der Waals surface area contributed by atoms with Gasteiger partial charge in [0.2, 0.25) is 0 Å². The van der Waals surface area contributed by atoms with Crippen molar-refractivity contribution in [1.29, 1.82) is 0 Å². The highest BCUT2D eigenvalue weighted by molar-refractivity contribution is 6.19. The number of benzene rings is 4. The monoisotopic (exact) mass is 1050 g/mol. The molecule has 10 rings (SSSR count). The van der Waals surface area contributed by atoms with E-state index in [-0.39, 0.29) is 48.6 Å². The molecule has 6 heterocycles. The molecule has 76 heavy (non-hydrogen) atoms. The van der Waals surface area contributed by atoms with Crippen LogP contribution in [0.4, 0.5) is 17.6 Å². The number of H-pyrrole nitrogens is 2. The van der Waals surface area contributed by atoms with E-state index in [0.29, 0.717) is 11.4 Å². The molecule has 0 unspecified atom stereocenters. The zero-order valence-electron chi connectivity index (χ0n) is 42.9. The fourth-order valence-corrected chi connectivity index (χ4v) is 9.70. The van der Waals surface area contributed by atoms with Crippen LogP contribution in [-0.4, -0.2) is 124 Å². The maximum Gasteiger partial charge on any atom is 0.341 e. The van der Waals surface area contributed by atoms with Crippen LogP contribution < -0.4 is 0 Å². The standard InChI is InChI=1S/C28H28F2N2O5.C25H24F2N2O5.C4H8O/c1-27(2)15-32(25(33)16-9-10-20(29)21(30)11-16)12-19(24-23(27)18-7-5-6-8-22(18)31-24)26(34)35-13-17-14-36-28(3,4)37-17;1-25(2)13-29(23(32)14-7-8-18(26)19(27)9-14)10-17(24(33)34-12-15(31)11-30)22-21(25)16-5-3-4-6-20(16)28-22;1-2-4-5-3-1/h5-12,17,31H,13-15H2,1-4H3;3-10,15,28,30-31H,11-13H2,1-2H3;1-4H2/t17-;15-;/m01./s1. The molecule has 4 N–H and O–H groups in total. The molecule has 0 bridgehead atoms. The van der Waals surface area contributed by atoms with Crippen LogP contribution in [-0.2, 0) is 44.1 Å². The van der Waals surface area contributed by atoms with Crippen LogP contribution in [0.15, 0.2) is 97.3 Å². The fraction of sp³-hybridized carbons (Fsp3) is 0.368. The average Bonchev–Trinajstić information content (AvgIpc) is 4.25. The van der Waals surface area contributed by atoms with Crippen molar-refractivity contribution >= 4 is 56.7 Å². The first-order valence-corrected chi connectivity index (χ1v) is 24.8. The lowest BCUT2D eigenvalue weighted by atomic mass is 9.81. The number of nitrogens with one attached hydrogen (secondary N) is 2. The number of hydrogen-bond donors (Lipinski definition) is 4. The third kappa shape index (κ3) is 12.1. The van der Waals surface area contributed by atoms with E-state index in [1.54, 1.807) is 13.8 Å². The minimum Gasteiger partial charge on any atom is -0.459 e. The van der Waals surface area contributed by atoms with Gasteiger partial charge in [-0.1, -0.05) is 64.1 Å². The highest BCUT2D eigenvalue weighted by atomic mass is 19.2. The van der Waals surface area contributed by atoms with Crippen LogP contribution in [0, 0.1) is 23.3 Å². The third-order valence-electron chi connectivity index (χ3n) is 13.2. The van der Waals surface area contributed by atoms with Crippen molar-refractivity contribution < 1.29 is 70.6 Å². The summed E-state index contributed by atoms with van der Waals surface area (Å²) in [6.45, 7) is 12.9. The van der Waals surface area contributed by atoms with Crippen LogP contribution >= 0.6 is 0 Å². The Kier molecular flexibility index (Phi) is 16.4. The normalized spacial score (nSPS) is 18.6. The van der Waals surface area contributed by atoms with Crippen molar-refractivity contribution in [3.05, 3.63) is 154 Å². The summed E-state index contributed by atoms with van der Waals surface area (Å²) in [7, 11) is 0. The van der Waals surface area contributed by atoms with Gasteiger partial charge in [0.05, 0.1) is 35.7 Å². The van der Waals surface area contributed by atoms with E-state index in [1.165, 1.54) is 47.2 Å². The minimum absolute atomic E-state index is 0.0258. The molecule has 2 amide bonds. The number of para-hydroxylation sites is 2. The van der Waals surface area contributed by atoms with E-state index < -0.39 is 89.1 Å². The summed E-state index contributed by atoms with van der Waals surface area (Å²) < 4.78 is 81.7. The van der Waals surface area contributed by atoms with E-state index in [2.05, 4.69) is 9.97 Å². The molecular formula is C57H60F4N4O11. The smallest absolute Gasteiger partial charge is 0.341 e. The van der Waals surface area contributed by atoms with Crippen molar-refractivity contribution in [2.75, 3.05) is 52.7 Å². The molecule has 0 spiro atoms. The van der Waals surface area contributed by atoms with E-state index in [0.717, 1.165) is 70.4 Å². The second-order valence-corrected chi connectivity index (χ2v) is 20.6. The SMILES string of the molecule is C1CCOC1.CC1(C)CN(C(=O)c2ccc(F)c(F)c2)C=C(C(=O)OC[C@H](O)CO)c2[nH]c3ccccc3c21.CC1(C)OC[C@H](COC(=O)C2=CN(C(=O)c3ccc(F)c(F)c3)CC(C)(C)c3c2[nH]c2ccccc32)O1. The number of amides is 2. The molecule has 2 aromatic heterocycles. The highest BCUT2D eigenvalue weighted by Crippen LogP contribution is 2.42. The quantitative estimate of drug-likeness (QED) is 0.0799. The Morgan fingerprint density at radius 1 is 0.671 bits per heavy atom. The molecule has 0 radical (unpaired) electrons. The van der Waals surface area contributed by atoms with Gasteiger partial charge in [0.1, 0.15) is 25.4 Å². The molecule has 2 saturated heterocycles. The molecule has 4 aliphatic heterocycles. The number of halogens is 4. The maximum absolute atomic E-state index is 13.9. The Bertz CT molecular complexity index is 3220. The van der Waals surface area contributed by atoms with Gasteiger partial charge in [0, 0.05) is 82.5 Å². The number of aromatic amines is 2. The number of carbonyl (C=O) groups is 4. The van der Waals surface area contributed by atoms with Crippen molar-refractivity contribution in [1.82, 2.24) is 19.8 Å². The van der Waals surface area contributed by atoms with Crippen molar-refractivity contribution in [2.24, 2.45) is 0 Å². The minimum atomic E-state index is -1.26. The van der Waals surface area contributed by atoms with Gasteiger partial charge >= 0.3 is 11.9 Å². The first-order valence-electron chi connectivity index (χ1n) is 24.8. The van der Waals surface area contributed by atoms with Gasteiger partial charge in [0.25, 0.3) is 11.8 Å².